The van der Waals surface area contributed by atoms with Gasteiger partial charge in [-0.1, -0.05) is 18.9 Å². The van der Waals surface area contributed by atoms with Crippen molar-refractivity contribution in [2.45, 2.75) is 30.6 Å². The molecule has 0 spiro atoms. The van der Waals surface area contributed by atoms with Crippen LogP contribution in [0, 0.1) is 0 Å². The molecule has 0 amide bonds. The summed E-state index contributed by atoms with van der Waals surface area (Å²) < 4.78 is 31.3. The largest absolute Gasteiger partial charge is 0.465 e. The summed E-state index contributed by atoms with van der Waals surface area (Å²) in [5.74, 6) is -0.530. The van der Waals surface area contributed by atoms with Crippen molar-refractivity contribution >= 4 is 16.0 Å². The average molecular weight is 297 g/mol. The van der Waals surface area contributed by atoms with E-state index in [4.69, 9.17) is 0 Å². The molecule has 1 aliphatic rings. The normalized spacial score (nSPS) is 17.4. The molecule has 6 heteroatoms. The van der Waals surface area contributed by atoms with Crippen molar-refractivity contribution in [3.63, 3.8) is 0 Å². The Morgan fingerprint density at radius 1 is 1.15 bits per heavy atom. The minimum absolute atomic E-state index is 0.155. The number of rotatable bonds is 3. The molecule has 1 saturated heterocycles. The van der Waals surface area contributed by atoms with Crippen LogP contribution in [0.4, 0.5) is 0 Å². The molecule has 1 heterocycles. The molecule has 0 aromatic heterocycles. The molecule has 5 nitrogen and oxygen atoms in total. The van der Waals surface area contributed by atoms with E-state index in [1.165, 1.54) is 23.5 Å². The maximum Gasteiger partial charge on any atom is 0.337 e. The third kappa shape index (κ3) is 3.19. The molecule has 1 fully saturated rings. The number of benzene rings is 1. The molecule has 0 atom stereocenters. The molecule has 20 heavy (non-hydrogen) atoms. The Kier molecular flexibility index (Phi) is 4.77. The summed E-state index contributed by atoms with van der Waals surface area (Å²) >= 11 is 0. The molecule has 0 unspecified atom stereocenters. The lowest BCUT2D eigenvalue weighted by atomic mass is 10.2. The molecule has 0 bridgehead atoms. The molecule has 0 radical (unpaired) electrons. The quantitative estimate of drug-likeness (QED) is 0.801. The Balaban J connectivity index is 2.31. The summed E-state index contributed by atoms with van der Waals surface area (Å²) in [6, 6.07) is 6.02. The van der Waals surface area contributed by atoms with E-state index in [1.54, 1.807) is 12.1 Å². The Morgan fingerprint density at radius 3 is 2.40 bits per heavy atom. The van der Waals surface area contributed by atoms with Crippen LogP contribution in [0.2, 0.25) is 0 Å². The topological polar surface area (TPSA) is 63.7 Å². The zero-order valence-electron chi connectivity index (χ0n) is 11.5. The van der Waals surface area contributed by atoms with Crippen molar-refractivity contribution < 1.29 is 17.9 Å². The molecule has 0 saturated carbocycles. The van der Waals surface area contributed by atoms with Crippen LogP contribution < -0.4 is 0 Å². The number of esters is 1. The summed E-state index contributed by atoms with van der Waals surface area (Å²) in [6.07, 6.45) is 3.90. The van der Waals surface area contributed by atoms with Gasteiger partial charge in [-0.15, -0.1) is 0 Å². The van der Waals surface area contributed by atoms with Crippen LogP contribution in [0.15, 0.2) is 29.2 Å². The van der Waals surface area contributed by atoms with E-state index in [0.29, 0.717) is 13.1 Å². The second-order valence-corrected chi connectivity index (χ2v) is 6.78. The van der Waals surface area contributed by atoms with Gasteiger partial charge in [0.15, 0.2) is 0 Å². The van der Waals surface area contributed by atoms with E-state index in [-0.39, 0.29) is 10.5 Å². The molecule has 1 aliphatic heterocycles. The zero-order valence-corrected chi connectivity index (χ0v) is 12.4. The number of sulfonamides is 1. The number of carbonyl (C=O) groups excluding carboxylic acids is 1. The van der Waals surface area contributed by atoms with Crippen LogP contribution in [-0.4, -0.2) is 38.9 Å². The Morgan fingerprint density at radius 2 is 1.80 bits per heavy atom. The Hall–Kier alpha value is -1.40. The highest BCUT2D eigenvalue weighted by molar-refractivity contribution is 7.89. The van der Waals surface area contributed by atoms with Gasteiger partial charge in [0.05, 0.1) is 17.6 Å². The van der Waals surface area contributed by atoms with Crippen LogP contribution in [0.1, 0.15) is 36.0 Å². The number of ether oxygens (including phenoxy) is 1. The number of hydrogen-bond donors (Lipinski definition) is 0. The van der Waals surface area contributed by atoms with Gasteiger partial charge in [0.1, 0.15) is 0 Å². The van der Waals surface area contributed by atoms with Crippen molar-refractivity contribution in [2.75, 3.05) is 20.2 Å². The summed E-state index contributed by atoms with van der Waals surface area (Å²) in [6.45, 7) is 1.09. The van der Waals surface area contributed by atoms with Crippen LogP contribution >= 0.6 is 0 Å². The second-order valence-electron chi connectivity index (χ2n) is 4.84. The van der Waals surface area contributed by atoms with Gasteiger partial charge in [0.25, 0.3) is 0 Å². The molecular weight excluding hydrogens is 278 g/mol. The van der Waals surface area contributed by atoms with Gasteiger partial charge in [0.2, 0.25) is 10.0 Å². The third-order valence-electron chi connectivity index (χ3n) is 3.46. The highest BCUT2D eigenvalue weighted by atomic mass is 32.2. The van der Waals surface area contributed by atoms with Crippen LogP contribution in [0.3, 0.4) is 0 Å². The van der Waals surface area contributed by atoms with Gasteiger partial charge < -0.3 is 4.74 Å². The van der Waals surface area contributed by atoms with E-state index in [0.717, 1.165) is 25.7 Å². The first-order valence-electron chi connectivity index (χ1n) is 6.74. The number of hydrogen-bond acceptors (Lipinski definition) is 4. The highest BCUT2D eigenvalue weighted by Gasteiger charge is 2.25. The SMILES string of the molecule is COC(=O)c1cccc(S(=O)(=O)N2CCCCCC2)c1. The predicted octanol–water partition coefficient (Wildman–Crippen LogP) is 2.04. The summed E-state index contributed by atoms with van der Waals surface area (Å²) in [5, 5.41) is 0. The first-order chi connectivity index (χ1) is 9.55. The Labute approximate surface area is 119 Å². The second kappa shape index (κ2) is 6.37. The van der Waals surface area contributed by atoms with Crippen molar-refractivity contribution in [3.05, 3.63) is 29.8 Å². The van der Waals surface area contributed by atoms with Crippen LogP contribution in [0.25, 0.3) is 0 Å². The standard InChI is InChI=1S/C14H19NO4S/c1-19-14(16)12-7-6-8-13(11-12)20(17,18)15-9-4-2-3-5-10-15/h6-8,11H,2-5,9-10H2,1H3. The molecule has 1 aromatic rings. The lowest BCUT2D eigenvalue weighted by Crippen LogP contribution is -2.32. The zero-order chi connectivity index (χ0) is 14.6. The van der Waals surface area contributed by atoms with E-state index in [9.17, 15) is 13.2 Å². The highest BCUT2D eigenvalue weighted by Crippen LogP contribution is 2.21. The average Bonchev–Trinajstić information content (AvgIpc) is 2.76. The number of carbonyl (C=O) groups is 1. The van der Waals surface area contributed by atoms with Crippen LogP contribution in [0.5, 0.6) is 0 Å². The lowest BCUT2D eigenvalue weighted by Gasteiger charge is -2.20. The van der Waals surface area contributed by atoms with Gasteiger partial charge in [-0.3, -0.25) is 0 Å². The van der Waals surface area contributed by atoms with Crippen LogP contribution in [-0.2, 0) is 14.8 Å². The fourth-order valence-corrected chi connectivity index (χ4v) is 3.90. The number of nitrogens with zero attached hydrogens (tertiary/aromatic N) is 1. The first kappa shape index (κ1) is 15.0. The lowest BCUT2D eigenvalue weighted by molar-refractivity contribution is 0.0600. The van der Waals surface area contributed by atoms with Crippen molar-refractivity contribution in [1.82, 2.24) is 4.31 Å². The van der Waals surface area contributed by atoms with Crippen molar-refractivity contribution in [3.8, 4) is 0 Å². The molecule has 1 aromatic carbocycles. The van der Waals surface area contributed by atoms with E-state index in [2.05, 4.69) is 4.74 Å². The van der Waals surface area contributed by atoms with Gasteiger partial charge in [-0.05, 0) is 31.0 Å². The summed E-state index contributed by atoms with van der Waals surface area (Å²) in [4.78, 5) is 11.6. The van der Waals surface area contributed by atoms with E-state index >= 15 is 0 Å². The van der Waals surface area contributed by atoms with Gasteiger partial charge >= 0.3 is 5.97 Å². The van der Waals surface area contributed by atoms with Gasteiger partial charge in [0, 0.05) is 13.1 Å². The molecule has 0 N–H and O–H groups in total. The third-order valence-corrected chi connectivity index (χ3v) is 5.35. The fraction of sp³-hybridized carbons (Fsp3) is 0.500. The minimum atomic E-state index is -3.52. The van der Waals surface area contributed by atoms with E-state index < -0.39 is 16.0 Å². The number of methoxy groups -OCH3 is 1. The molecule has 110 valence electrons. The maximum atomic E-state index is 12.6. The Bertz CT molecular complexity index is 575. The van der Waals surface area contributed by atoms with Crippen molar-refractivity contribution in [1.29, 1.82) is 0 Å². The molecular formula is C14H19NO4S. The van der Waals surface area contributed by atoms with Gasteiger partial charge in [-0.2, -0.15) is 4.31 Å². The maximum absolute atomic E-state index is 12.6. The summed E-state index contributed by atoms with van der Waals surface area (Å²) in [7, 11) is -2.25. The smallest absolute Gasteiger partial charge is 0.337 e. The van der Waals surface area contributed by atoms with E-state index in [1.807, 2.05) is 0 Å². The fourth-order valence-electron chi connectivity index (χ4n) is 2.33. The predicted molar refractivity (Wildman–Crippen MR) is 75.0 cm³/mol. The molecule has 2 rings (SSSR count). The minimum Gasteiger partial charge on any atom is -0.465 e. The first-order valence-corrected chi connectivity index (χ1v) is 8.18. The monoisotopic (exact) mass is 297 g/mol. The molecule has 0 aliphatic carbocycles. The summed E-state index contributed by atoms with van der Waals surface area (Å²) in [5.41, 5.74) is 0.253. The van der Waals surface area contributed by atoms with Gasteiger partial charge in [-0.25, -0.2) is 13.2 Å². The van der Waals surface area contributed by atoms with Crippen molar-refractivity contribution in [2.24, 2.45) is 0 Å².